The van der Waals surface area contributed by atoms with Crippen molar-refractivity contribution in [3.05, 3.63) is 70.0 Å². The molecule has 1 amide bonds. The first-order valence-corrected chi connectivity index (χ1v) is 10.5. The zero-order valence-electron chi connectivity index (χ0n) is 17.7. The molecule has 0 saturated carbocycles. The van der Waals surface area contributed by atoms with Gasteiger partial charge < -0.3 is 16.0 Å². The number of hydrogen-bond donors (Lipinski definition) is 3. The molecule has 0 aliphatic carbocycles. The van der Waals surface area contributed by atoms with Crippen molar-refractivity contribution >= 4 is 29.2 Å². The predicted molar refractivity (Wildman–Crippen MR) is 121 cm³/mol. The number of nitrogens with one attached hydrogen (secondary N) is 3. The van der Waals surface area contributed by atoms with Crippen LogP contribution in [-0.2, 0) is 11.2 Å². The van der Waals surface area contributed by atoms with Crippen molar-refractivity contribution in [3.8, 4) is 0 Å². The van der Waals surface area contributed by atoms with Crippen molar-refractivity contribution in [2.75, 3.05) is 25.5 Å². The molecule has 2 aromatic rings. The summed E-state index contributed by atoms with van der Waals surface area (Å²) < 4.78 is 0. The zero-order valence-corrected chi connectivity index (χ0v) is 17.7. The molecule has 0 aromatic carbocycles. The van der Waals surface area contributed by atoms with Crippen LogP contribution >= 0.6 is 0 Å². The molecule has 0 fully saturated rings. The number of pyridine rings is 2. The van der Waals surface area contributed by atoms with Gasteiger partial charge in [-0.1, -0.05) is 19.1 Å². The molecule has 158 valence electrons. The summed E-state index contributed by atoms with van der Waals surface area (Å²) in [7, 11) is 1.60. The number of carbonyl (C=O) groups excluding carboxylic acids is 2. The van der Waals surface area contributed by atoms with E-state index in [0.29, 0.717) is 17.8 Å². The third kappa shape index (κ3) is 4.33. The first-order valence-electron chi connectivity index (χ1n) is 10.5. The first-order chi connectivity index (χ1) is 15.1. The van der Waals surface area contributed by atoms with Gasteiger partial charge in [-0.05, 0) is 59.9 Å². The van der Waals surface area contributed by atoms with Crippen molar-refractivity contribution in [2.45, 2.75) is 26.2 Å². The van der Waals surface area contributed by atoms with E-state index in [4.69, 9.17) is 0 Å². The third-order valence-corrected chi connectivity index (χ3v) is 5.57. The molecule has 2 aliphatic heterocycles. The fourth-order valence-corrected chi connectivity index (χ4v) is 3.90. The standard InChI is InChI=1S/C24H25N5O2/c1-3-16-12-21-22(29-23(16)14-30)11-15(13-27-21)10-20-18(17-6-8-26-9-7-17)4-5-19(28-20)24(31)25-2/h4-6,11-13,26,29H,3,7-10H2,1-2H3,(H,25,31). The Bertz CT molecular complexity index is 1140. The monoisotopic (exact) mass is 415 g/mol. The van der Waals surface area contributed by atoms with E-state index in [9.17, 15) is 9.59 Å². The summed E-state index contributed by atoms with van der Waals surface area (Å²) in [5.41, 5.74) is 7.38. The van der Waals surface area contributed by atoms with Crippen LogP contribution in [0.1, 0.15) is 52.8 Å². The summed E-state index contributed by atoms with van der Waals surface area (Å²) in [5.74, 6) is 1.77. The fraction of sp³-hybridized carbons (Fsp3) is 0.292. The van der Waals surface area contributed by atoms with Crippen LogP contribution in [0.4, 0.5) is 5.69 Å². The van der Waals surface area contributed by atoms with Crippen molar-refractivity contribution in [1.82, 2.24) is 20.6 Å². The average molecular weight is 415 g/mol. The molecular formula is C24H25N5O2. The van der Waals surface area contributed by atoms with Crippen LogP contribution in [-0.4, -0.2) is 42.0 Å². The van der Waals surface area contributed by atoms with Gasteiger partial charge in [-0.15, -0.1) is 0 Å². The molecule has 0 spiro atoms. The van der Waals surface area contributed by atoms with E-state index in [1.165, 1.54) is 5.57 Å². The highest BCUT2D eigenvalue weighted by molar-refractivity contribution is 5.92. The molecule has 0 unspecified atom stereocenters. The van der Waals surface area contributed by atoms with E-state index in [0.717, 1.165) is 59.7 Å². The molecule has 4 rings (SSSR count). The topological polar surface area (TPSA) is 96.0 Å². The van der Waals surface area contributed by atoms with Crippen molar-refractivity contribution in [2.24, 2.45) is 0 Å². The largest absolute Gasteiger partial charge is 0.354 e. The van der Waals surface area contributed by atoms with Gasteiger partial charge in [-0.3, -0.25) is 9.78 Å². The molecule has 2 aromatic heterocycles. The van der Waals surface area contributed by atoms with E-state index in [1.807, 2.05) is 37.3 Å². The Balaban J connectivity index is 1.72. The lowest BCUT2D eigenvalue weighted by Crippen LogP contribution is -2.22. The molecule has 0 bridgehead atoms. The van der Waals surface area contributed by atoms with Crippen molar-refractivity contribution in [1.29, 1.82) is 0 Å². The minimum atomic E-state index is -0.213. The number of amides is 1. The molecular weight excluding hydrogens is 390 g/mol. The average Bonchev–Trinajstić information content (AvgIpc) is 2.83. The lowest BCUT2D eigenvalue weighted by Gasteiger charge is -2.20. The molecule has 31 heavy (non-hydrogen) atoms. The van der Waals surface area contributed by atoms with E-state index in [2.05, 4.69) is 32.0 Å². The summed E-state index contributed by atoms with van der Waals surface area (Å²) in [6.07, 6.45) is 8.09. The lowest BCUT2D eigenvalue weighted by molar-refractivity contribution is 0.0958. The van der Waals surface area contributed by atoms with Gasteiger partial charge in [0.1, 0.15) is 11.4 Å². The highest BCUT2D eigenvalue weighted by Crippen LogP contribution is 2.30. The highest BCUT2D eigenvalue weighted by atomic mass is 16.1. The Morgan fingerprint density at radius 3 is 2.90 bits per heavy atom. The molecule has 0 saturated heterocycles. The molecule has 3 N–H and O–H groups in total. The van der Waals surface area contributed by atoms with E-state index < -0.39 is 0 Å². The van der Waals surface area contributed by atoms with Crippen molar-refractivity contribution in [3.63, 3.8) is 0 Å². The van der Waals surface area contributed by atoms with Gasteiger partial charge >= 0.3 is 0 Å². The summed E-state index contributed by atoms with van der Waals surface area (Å²) in [6.45, 7) is 3.73. The van der Waals surface area contributed by atoms with Crippen LogP contribution in [0.25, 0.3) is 11.6 Å². The number of carbonyl (C=O) groups is 1. The van der Waals surface area contributed by atoms with Crippen LogP contribution in [0.3, 0.4) is 0 Å². The summed E-state index contributed by atoms with van der Waals surface area (Å²) in [6, 6.07) is 5.74. The van der Waals surface area contributed by atoms with Gasteiger partial charge in [0.25, 0.3) is 5.91 Å². The van der Waals surface area contributed by atoms with Gasteiger partial charge in [-0.25, -0.2) is 9.78 Å². The smallest absolute Gasteiger partial charge is 0.269 e. The third-order valence-electron chi connectivity index (χ3n) is 5.57. The maximum Gasteiger partial charge on any atom is 0.269 e. The Morgan fingerprint density at radius 1 is 1.32 bits per heavy atom. The van der Waals surface area contributed by atoms with Crippen LogP contribution in [0.15, 0.2) is 41.7 Å². The Labute approximate surface area is 181 Å². The number of allylic oxidation sites excluding steroid dienone is 1. The summed E-state index contributed by atoms with van der Waals surface area (Å²) in [5, 5.41) is 9.11. The van der Waals surface area contributed by atoms with Gasteiger partial charge in [0.05, 0.1) is 17.1 Å². The van der Waals surface area contributed by atoms with Crippen LogP contribution < -0.4 is 16.0 Å². The summed E-state index contributed by atoms with van der Waals surface area (Å²) >= 11 is 0. The van der Waals surface area contributed by atoms with Crippen LogP contribution in [0.2, 0.25) is 0 Å². The minimum absolute atomic E-state index is 0.213. The zero-order chi connectivity index (χ0) is 21.8. The van der Waals surface area contributed by atoms with Gasteiger partial charge in [0.15, 0.2) is 5.94 Å². The first kappa shape index (κ1) is 20.7. The fourth-order valence-electron chi connectivity index (χ4n) is 3.90. The Kier molecular flexibility index (Phi) is 6.07. The number of hydrogen-bond acceptors (Lipinski definition) is 6. The van der Waals surface area contributed by atoms with E-state index in [1.54, 1.807) is 13.1 Å². The molecule has 7 nitrogen and oxygen atoms in total. The minimum Gasteiger partial charge on any atom is -0.354 e. The normalized spacial score (nSPS) is 15.2. The predicted octanol–water partition coefficient (Wildman–Crippen LogP) is 2.74. The number of aromatic nitrogens is 2. The highest BCUT2D eigenvalue weighted by Gasteiger charge is 2.19. The second-order valence-electron chi connectivity index (χ2n) is 7.53. The maximum atomic E-state index is 12.2. The molecule has 2 aliphatic rings. The van der Waals surface area contributed by atoms with Crippen LogP contribution in [0, 0.1) is 0 Å². The number of nitrogens with zero attached hydrogens (tertiary/aromatic N) is 2. The number of rotatable bonds is 5. The Morgan fingerprint density at radius 2 is 2.19 bits per heavy atom. The number of fused-ring (bicyclic) bond motifs is 1. The second kappa shape index (κ2) is 9.08. The van der Waals surface area contributed by atoms with Crippen molar-refractivity contribution < 1.29 is 9.59 Å². The quantitative estimate of drug-likeness (QED) is 0.650. The maximum absolute atomic E-state index is 12.2. The van der Waals surface area contributed by atoms with E-state index in [-0.39, 0.29) is 5.91 Å². The molecule has 0 atom stereocenters. The molecule has 7 heteroatoms. The molecule has 4 heterocycles. The summed E-state index contributed by atoms with van der Waals surface area (Å²) in [4.78, 5) is 32.7. The second-order valence-corrected chi connectivity index (χ2v) is 7.53. The van der Waals surface area contributed by atoms with Gasteiger partial charge in [-0.2, -0.15) is 0 Å². The van der Waals surface area contributed by atoms with Crippen LogP contribution in [0.5, 0.6) is 0 Å². The Hall–Kier alpha value is -3.54. The number of anilines is 1. The van der Waals surface area contributed by atoms with Gasteiger partial charge in [0, 0.05) is 26.2 Å². The van der Waals surface area contributed by atoms with Gasteiger partial charge in [0.2, 0.25) is 0 Å². The van der Waals surface area contributed by atoms with E-state index >= 15 is 0 Å². The SMILES string of the molecule is CCC1=Cc2ncc(Cc3nc(C(=O)NC)ccc3C3=CCNCC3)cc2NC1=C=O. The lowest BCUT2D eigenvalue weighted by atomic mass is 9.95. The molecule has 0 radical (unpaired) electrons.